The van der Waals surface area contributed by atoms with Crippen LogP contribution in [0, 0.1) is 0 Å². The minimum absolute atomic E-state index is 0.414. The Labute approximate surface area is 130 Å². The average molecular weight is 302 g/mol. The molecule has 110 valence electrons. The van der Waals surface area contributed by atoms with Crippen molar-refractivity contribution in [1.29, 1.82) is 0 Å². The Morgan fingerprint density at radius 2 is 1.86 bits per heavy atom. The fourth-order valence-corrected chi connectivity index (χ4v) is 2.88. The van der Waals surface area contributed by atoms with E-state index >= 15 is 0 Å². The van der Waals surface area contributed by atoms with Gasteiger partial charge in [-0.25, -0.2) is 0 Å². The van der Waals surface area contributed by atoms with E-state index in [9.17, 15) is 4.79 Å². The topological polar surface area (TPSA) is 43.1 Å². The van der Waals surface area contributed by atoms with E-state index in [0.29, 0.717) is 16.5 Å². The van der Waals surface area contributed by atoms with Crippen LogP contribution in [0.1, 0.15) is 48.5 Å². The highest BCUT2D eigenvalue weighted by Gasteiger charge is 2.14. The third-order valence-electron chi connectivity index (χ3n) is 3.90. The van der Waals surface area contributed by atoms with E-state index in [2.05, 4.69) is 19.9 Å². The number of nitrogens with two attached hydrogens (primary N) is 1. The molecule has 0 heterocycles. The molecule has 0 aromatic heterocycles. The van der Waals surface area contributed by atoms with Gasteiger partial charge < -0.3 is 5.73 Å². The second kappa shape index (κ2) is 6.77. The van der Waals surface area contributed by atoms with E-state index in [0.717, 1.165) is 24.0 Å². The van der Waals surface area contributed by atoms with Crippen LogP contribution in [0.3, 0.4) is 0 Å². The zero-order chi connectivity index (χ0) is 15.4. The van der Waals surface area contributed by atoms with Gasteiger partial charge in [-0.05, 0) is 59.7 Å². The molecule has 0 bridgehead atoms. The third kappa shape index (κ3) is 3.45. The maximum atomic E-state index is 11.4. The number of rotatable bonds is 5. The lowest BCUT2D eigenvalue weighted by Gasteiger charge is -2.18. The number of carbonyl (C=O) groups is 1. The summed E-state index contributed by atoms with van der Waals surface area (Å²) >= 11 is 6.17. The maximum absolute atomic E-state index is 11.4. The first-order chi connectivity index (χ1) is 10.1. The van der Waals surface area contributed by atoms with E-state index in [-0.39, 0.29) is 0 Å². The predicted molar refractivity (Wildman–Crippen MR) is 88.7 cm³/mol. The largest absolute Gasteiger partial charge is 0.366 e. The molecule has 0 aliphatic rings. The van der Waals surface area contributed by atoms with Gasteiger partial charge in [0.25, 0.3) is 0 Å². The summed E-state index contributed by atoms with van der Waals surface area (Å²) in [5.41, 5.74) is 9.23. The molecule has 0 aliphatic carbocycles. The Morgan fingerprint density at radius 1 is 1.14 bits per heavy atom. The Hall–Kier alpha value is -1.80. The van der Waals surface area contributed by atoms with E-state index in [4.69, 9.17) is 17.3 Å². The van der Waals surface area contributed by atoms with Crippen LogP contribution in [0.15, 0.2) is 42.5 Å². The van der Waals surface area contributed by atoms with Crippen LogP contribution in [0.25, 0.3) is 11.1 Å². The highest BCUT2D eigenvalue weighted by molar-refractivity contribution is 6.30. The molecule has 1 amide bonds. The summed E-state index contributed by atoms with van der Waals surface area (Å²) in [4.78, 5) is 11.4. The molecule has 0 spiro atoms. The molecule has 2 rings (SSSR count). The van der Waals surface area contributed by atoms with Crippen LogP contribution in [0.5, 0.6) is 0 Å². The molecular weight excluding hydrogens is 282 g/mol. The second-order valence-electron chi connectivity index (χ2n) is 5.19. The van der Waals surface area contributed by atoms with Gasteiger partial charge in [0.1, 0.15) is 0 Å². The fourth-order valence-electron chi connectivity index (χ4n) is 2.70. The lowest BCUT2D eigenvalue weighted by molar-refractivity contribution is 0.100. The van der Waals surface area contributed by atoms with Crippen LogP contribution in [0.2, 0.25) is 5.02 Å². The molecule has 0 fully saturated rings. The molecule has 2 aromatic carbocycles. The van der Waals surface area contributed by atoms with Crippen molar-refractivity contribution < 1.29 is 4.79 Å². The number of amides is 1. The zero-order valence-electron chi connectivity index (χ0n) is 12.4. The Kier molecular flexibility index (Phi) is 5.03. The van der Waals surface area contributed by atoms with Gasteiger partial charge in [-0.15, -0.1) is 0 Å². The van der Waals surface area contributed by atoms with Crippen molar-refractivity contribution in [3.05, 3.63) is 58.6 Å². The average Bonchev–Trinajstić information content (AvgIpc) is 2.50. The summed E-state index contributed by atoms with van der Waals surface area (Å²) < 4.78 is 0. The number of carbonyl (C=O) groups excluding carboxylic acids is 1. The molecule has 0 unspecified atom stereocenters. The van der Waals surface area contributed by atoms with Gasteiger partial charge in [0.15, 0.2) is 0 Å². The van der Waals surface area contributed by atoms with Crippen molar-refractivity contribution in [2.45, 2.75) is 32.6 Å². The van der Waals surface area contributed by atoms with Crippen LogP contribution < -0.4 is 5.73 Å². The monoisotopic (exact) mass is 301 g/mol. The van der Waals surface area contributed by atoms with Gasteiger partial charge >= 0.3 is 0 Å². The molecule has 3 heteroatoms. The minimum atomic E-state index is -0.414. The van der Waals surface area contributed by atoms with Crippen molar-refractivity contribution in [3.8, 4) is 11.1 Å². The highest BCUT2D eigenvalue weighted by Crippen LogP contribution is 2.35. The molecule has 0 atom stereocenters. The van der Waals surface area contributed by atoms with Gasteiger partial charge in [-0.3, -0.25) is 4.79 Å². The number of primary amides is 1. The quantitative estimate of drug-likeness (QED) is 0.829. The molecular formula is C18H20ClNO. The van der Waals surface area contributed by atoms with Crippen LogP contribution >= 0.6 is 11.6 Å². The van der Waals surface area contributed by atoms with E-state index in [1.54, 1.807) is 6.07 Å². The summed E-state index contributed by atoms with van der Waals surface area (Å²) in [5, 5.41) is 0.698. The number of halogens is 1. The second-order valence-corrected chi connectivity index (χ2v) is 5.63. The lowest BCUT2D eigenvalue weighted by atomic mass is 9.87. The predicted octanol–water partition coefficient (Wildman–Crippen LogP) is 5.01. The van der Waals surface area contributed by atoms with Crippen molar-refractivity contribution >= 4 is 17.5 Å². The minimum Gasteiger partial charge on any atom is -0.366 e. The Balaban J connectivity index is 2.59. The van der Waals surface area contributed by atoms with E-state index in [1.807, 2.05) is 30.3 Å². The number of hydrogen-bond acceptors (Lipinski definition) is 1. The lowest BCUT2D eigenvalue weighted by Crippen LogP contribution is -2.10. The van der Waals surface area contributed by atoms with Gasteiger partial charge in [0, 0.05) is 10.6 Å². The summed E-state index contributed by atoms with van der Waals surface area (Å²) in [6.07, 6.45) is 2.14. The standard InChI is InChI=1S/C18H20ClNO/c1-3-12(4-2)16-9-8-15(19)11-17(16)13-6-5-7-14(10-13)18(20)21/h5-12H,3-4H2,1-2H3,(H2,20,21). The summed E-state index contributed by atoms with van der Waals surface area (Å²) in [5.74, 6) is 0.0671. The Morgan fingerprint density at radius 3 is 2.48 bits per heavy atom. The summed E-state index contributed by atoms with van der Waals surface area (Å²) in [6.45, 7) is 4.37. The first-order valence-corrected chi connectivity index (χ1v) is 7.64. The first-order valence-electron chi connectivity index (χ1n) is 7.26. The molecule has 2 N–H and O–H groups in total. The normalized spacial score (nSPS) is 10.9. The van der Waals surface area contributed by atoms with Crippen molar-refractivity contribution in [2.24, 2.45) is 5.73 Å². The molecule has 0 radical (unpaired) electrons. The molecule has 21 heavy (non-hydrogen) atoms. The SMILES string of the molecule is CCC(CC)c1ccc(Cl)cc1-c1cccc(C(N)=O)c1. The van der Waals surface area contributed by atoms with Crippen molar-refractivity contribution in [3.63, 3.8) is 0 Å². The van der Waals surface area contributed by atoms with Gasteiger partial charge in [-0.2, -0.15) is 0 Å². The fraction of sp³-hybridized carbons (Fsp3) is 0.278. The maximum Gasteiger partial charge on any atom is 0.248 e. The summed E-state index contributed by atoms with van der Waals surface area (Å²) in [7, 11) is 0. The number of hydrogen-bond donors (Lipinski definition) is 1. The van der Waals surface area contributed by atoms with Gasteiger partial charge in [0.2, 0.25) is 5.91 Å². The molecule has 0 saturated carbocycles. The third-order valence-corrected chi connectivity index (χ3v) is 4.13. The number of benzene rings is 2. The Bertz CT molecular complexity index is 647. The molecule has 0 aliphatic heterocycles. The van der Waals surface area contributed by atoms with Crippen molar-refractivity contribution in [1.82, 2.24) is 0 Å². The van der Waals surface area contributed by atoms with E-state index in [1.165, 1.54) is 5.56 Å². The summed E-state index contributed by atoms with van der Waals surface area (Å²) in [6, 6.07) is 13.4. The first kappa shape index (κ1) is 15.6. The van der Waals surface area contributed by atoms with Crippen LogP contribution in [0.4, 0.5) is 0 Å². The molecule has 2 aromatic rings. The van der Waals surface area contributed by atoms with Gasteiger partial charge in [-0.1, -0.05) is 43.6 Å². The smallest absolute Gasteiger partial charge is 0.248 e. The molecule has 2 nitrogen and oxygen atoms in total. The van der Waals surface area contributed by atoms with E-state index < -0.39 is 5.91 Å². The van der Waals surface area contributed by atoms with Gasteiger partial charge in [0.05, 0.1) is 0 Å². The van der Waals surface area contributed by atoms with Crippen LogP contribution in [-0.2, 0) is 0 Å². The van der Waals surface area contributed by atoms with Crippen LogP contribution in [-0.4, -0.2) is 5.91 Å². The molecule has 0 saturated heterocycles. The highest BCUT2D eigenvalue weighted by atomic mass is 35.5. The zero-order valence-corrected chi connectivity index (χ0v) is 13.2. The van der Waals surface area contributed by atoms with Crippen molar-refractivity contribution in [2.75, 3.05) is 0 Å².